The number of benzene rings is 1. The molecule has 0 saturated carbocycles. The minimum absolute atomic E-state index is 0.0765. The predicted molar refractivity (Wildman–Crippen MR) is 98.8 cm³/mol. The fourth-order valence-corrected chi connectivity index (χ4v) is 3.59. The average Bonchev–Trinajstić information content (AvgIpc) is 3.38. The Bertz CT molecular complexity index is 854. The van der Waals surface area contributed by atoms with Gasteiger partial charge < -0.3 is 14.8 Å². The first-order valence-corrected chi connectivity index (χ1v) is 9.40. The lowest BCUT2D eigenvalue weighted by molar-refractivity contribution is -0.137. The van der Waals surface area contributed by atoms with Crippen molar-refractivity contribution >= 4 is 17.2 Å². The zero-order valence-corrected chi connectivity index (χ0v) is 15.5. The maximum atomic E-state index is 12.6. The Morgan fingerprint density at radius 1 is 1.11 bits per heavy atom. The van der Waals surface area contributed by atoms with E-state index in [1.165, 1.54) is 29.7 Å². The van der Waals surface area contributed by atoms with Gasteiger partial charge in [0.05, 0.1) is 18.4 Å². The number of thiophene rings is 1. The fourth-order valence-electron chi connectivity index (χ4n) is 2.76. The van der Waals surface area contributed by atoms with Gasteiger partial charge in [-0.2, -0.15) is 13.2 Å². The van der Waals surface area contributed by atoms with Crippen LogP contribution < -0.4 is 5.32 Å². The van der Waals surface area contributed by atoms with Crippen LogP contribution in [0.5, 0.6) is 0 Å². The molecule has 0 saturated heterocycles. The molecule has 148 valence electrons. The average molecular weight is 409 g/mol. The van der Waals surface area contributed by atoms with Crippen LogP contribution in [0.2, 0.25) is 0 Å². The molecule has 0 spiro atoms. The Hall–Kier alpha value is -2.58. The molecule has 2 N–H and O–H groups in total. The van der Waals surface area contributed by atoms with Crippen molar-refractivity contribution in [3.8, 4) is 0 Å². The van der Waals surface area contributed by atoms with E-state index >= 15 is 0 Å². The van der Waals surface area contributed by atoms with Crippen LogP contribution in [0.4, 0.5) is 13.2 Å². The summed E-state index contributed by atoms with van der Waals surface area (Å²) in [5.41, 5.74) is -1.58. The quantitative estimate of drug-likeness (QED) is 0.610. The van der Waals surface area contributed by atoms with Crippen molar-refractivity contribution in [2.75, 3.05) is 6.54 Å². The zero-order chi connectivity index (χ0) is 20.2. The molecule has 1 unspecified atom stereocenters. The van der Waals surface area contributed by atoms with Gasteiger partial charge in [-0.1, -0.05) is 18.2 Å². The number of halogens is 3. The molecule has 0 bridgehead atoms. The highest BCUT2D eigenvalue weighted by Gasteiger charge is 2.36. The number of alkyl halides is 3. The molecule has 2 heterocycles. The van der Waals surface area contributed by atoms with Crippen LogP contribution in [0.15, 0.2) is 64.6 Å². The summed E-state index contributed by atoms with van der Waals surface area (Å²) in [5.74, 6) is -0.000533. The minimum atomic E-state index is -4.38. The van der Waals surface area contributed by atoms with Crippen molar-refractivity contribution in [2.45, 2.75) is 24.6 Å². The largest absolute Gasteiger partial charge is 0.466 e. The molecular formula is C20H18F3NO3S. The Labute approximate surface area is 163 Å². The third-order valence-corrected chi connectivity index (χ3v) is 5.34. The van der Waals surface area contributed by atoms with Crippen LogP contribution in [0, 0.1) is 0 Å². The van der Waals surface area contributed by atoms with Crippen LogP contribution in [0.1, 0.15) is 28.2 Å². The lowest BCUT2D eigenvalue weighted by Crippen LogP contribution is -2.41. The second-order valence-corrected chi connectivity index (χ2v) is 7.23. The maximum Gasteiger partial charge on any atom is 0.416 e. The van der Waals surface area contributed by atoms with Crippen LogP contribution in [0.25, 0.3) is 0 Å². The smallest absolute Gasteiger partial charge is 0.416 e. The second kappa shape index (κ2) is 8.20. The number of carbonyl (C=O) groups is 1. The van der Waals surface area contributed by atoms with Crippen molar-refractivity contribution in [2.24, 2.45) is 0 Å². The van der Waals surface area contributed by atoms with E-state index in [4.69, 9.17) is 4.42 Å². The monoisotopic (exact) mass is 409 g/mol. The number of hydrogen-bond acceptors (Lipinski definition) is 4. The summed E-state index contributed by atoms with van der Waals surface area (Å²) < 4.78 is 43.1. The molecule has 3 rings (SSSR count). The van der Waals surface area contributed by atoms with E-state index in [1.54, 1.807) is 24.3 Å². The summed E-state index contributed by atoms with van der Waals surface area (Å²) in [6.45, 7) is -0.0765. The number of amides is 1. The van der Waals surface area contributed by atoms with Crippen LogP contribution in [0.3, 0.4) is 0 Å². The third kappa shape index (κ3) is 4.63. The minimum Gasteiger partial charge on any atom is -0.466 e. The standard InChI is InChI=1S/C20H18F3NO3S/c21-20(22,23)15-8-5-14(6-9-15)7-10-18(25)24-13-19(26,16-3-1-11-27-16)17-4-2-12-28-17/h1-6,8-9,11-12,26H,7,10,13H2,(H,24,25). The normalized spacial score (nSPS) is 13.9. The van der Waals surface area contributed by atoms with Gasteiger partial charge in [-0.25, -0.2) is 0 Å². The van der Waals surface area contributed by atoms with E-state index < -0.39 is 17.3 Å². The van der Waals surface area contributed by atoms with Gasteiger partial charge in [-0.3, -0.25) is 4.79 Å². The Kier molecular flexibility index (Phi) is 5.90. The summed E-state index contributed by atoms with van der Waals surface area (Å²) in [6, 6.07) is 11.6. The summed E-state index contributed by atoms with van der Waals surface area (Å²) in [7, 11) is 0. The Morgan fingerprint density at radius 2 is 1.86 bits per heavy atom. The van der Waals surface area contributed by atoms with Crippen molar-refractivity contribution < 1.29 is 27.5 Å². The molecule has 1 aromatic carbocycles. The van der Waals surface area contributed by atoms with E-state index in [0.717, 1.165) is 12.1 Å². The van der Waals surface area contributed by atoms with Crippen LogP contribution in [-0.2, 0) is 23.0 Å². The van der Waals surface area contributed by atoms with Gasteiger partial charge in [0.1, 0.15) is 5.76 Å². The number of nitrogens with one attached hydrogen (secondary N) is 1. The van der Waals surface area contributed by atoms with Crippen LogP contribution >= 0.6 is 11.3 Å². The van der Waals surface area contributed by atoms with Gasteiger partial charge in [0.25, 0.3) is 0 Å². The summed E-state index contributed by atoms with van der Waals surface area (Å²) >= 11 is 1.34. The molecule has 28 heavy (non-hydrogen) atoms. The highest BCUT2D eigenvalue weighted by Crippen LogP contribution is 2.32. The van der Waals surface area contributed by atoms with Gasteiger partial charge in [0.2, 0.25) is 5.91 Å². The first-order chi connectivity index (χ1) is 13.3. The number of aryl methyl sites for hydroxylation is 1. The summed E-state index contributed by atoms with van der Waals surface area (Å²) in [5, 5.41) is 15.6. The van der Waals surface area contributed by atoms with Crippen molar-refractivity contribution in [3.05, 3.63) is 81.9 Å². The topological polar surface area (TPSA) is 62.5 Å². The highest BCUT2D eigenvalue weighted by atomic mass is 32.1. The highest BCUT2D eigenvalue weighted by molar-refractivity contribution is 7.10. The number of rotatable bonds is 7. The maximum absolute atomic E-state index is 12.6. The van der Waals surface area contributed by atoms with E-state index in [0.29, 0.717) is 22.6 Å². The number of furan rings is 1. The van der Waals surface area contributed by atoms with Gasteiger partial charge in [0.15, 0.2) is 5.60 Å². The molecule has 0 aliphatic heterocycles. The van der Waals surface area contributed by atoms with E-state index in [9.17, 15) is 23.1 Å². The van der Waals surface area contributed by atoms with E-state index in [2.05, 4.69) is 5.32 Å². The van der Waals surface area contributed by atoms with Gasteiger partial charge in [-0.15, -0.1) is 11.3 Å². The molecule has 0 aliphatic rings. The van der Waals surface area contributed by atoms with Gasteiger partial charge in [0, 0.05) is 11.3 Å². The molecule has 8 heteroatoms. The molecule has 4 nitrogen and oxygen atoms in total. The van der Waals surface area contributed by atoms with Gasteiger partial charge in [-0.05, 0) is 47.7 Å². The lowest BCUT2D eigenvalue weighted by Gasteiger charge is -2.25. The Balaban J connectivity index is 1.58. The molecule has 0 fully saturated rings. The Morgan fingerprint density at radius 3 is 2.43 bits per heavy atom. The van der Waals surface area contributed by atoms with Crippen molar-refractivity contribution in [3.63, 3.8) is 0 Å². The summed E-state index contributed by atoms with van der Waals surface area (Å²) in [4.78, 5) is 12.8. The molecule has 0 aliphatic carbocycles. The molecular weight excluding hydrogens is 391 g/mol. The van der Waals surface area contributed by atoms with Crippen LogP contribution in [-0.4, -0.2) is 17.6 Å². The zero-order valence-electron chi connectivity index (χ0n) is 14.7. The fraction of sp³-hybridized carbons (Fsp3) is 0.250. The molecule has 3 aromatic rings. The third-order valence-electron chi connectivity index (χ3n) is 4.32. The first kappa shape index (κ1) is 20.2. The molecule has 1 amide bonds. The predicted octanol–water partition coefficient (Wildman–Crippen LogP) is 4.34. The van der Waals surface area contributed by atoms with E-state index in [-0.39, 0.29) is 18.9 Å². The number of aliphatic hydroxyl groups is 1. The molecule has 0 radical (unpaired) electrons. The first-order valence-electron chi connectivity index (χ1n) is 8.52. The summed E-state index contributed by atoms with van der Waals surface area (Å²) in [6.07, 6.45) is -2.56. The van der Waals surface area contributed by atoms with Crippen molar-refractivity contribution in [1.82, 2.24) is 5.32 Å². The van der Waals surface area contributed by atoms with E-state index in [1.807, 2.05) is 5.38 Å². The number of carbonyl (C=O) groups excluding carboxylic acids is 1. The van der Waals surface area contributed by atoms with Crippen molar-refractivity contribution in [1.29, 1.82) is 0 Å². The van der Waals surface area contributed by atoms with Gasteiger partial charge >= 0.3 is 6.18 Å². The lowest BCUT2D eigenvalue weighted by atomic mass is 9.98. The SMILES string of the molecule is O=C(CCc1ccc(C(F)(F)F)cc1)NCC(O)(c1ccco1)c1cccs1. The molecule has 2 aromatic heterocycles. The molecule has 1 atom stereocenters. The number of hydrogen-bond donors (Lipinski definition) is 2. The second-order valence-electron chi connectivity index (χ2n) is 6.29.